The lowest BCUT2D eigenvalue weighted by Gasteiger charge is -2.34. The molecule has 1 N–H and O–H groups in total. The van der Waals surface area contributed by atoms with Gasteiger partial charge in [0.2, 0.25) is 0 Å². The van der Waals surface area contributed by atoms with Crippen LogP contribution in [0.1, 0.15) is 28.7 Å². The molecule has 3 heterocycles. The Balaban J connectivity index is 0.00000225. The second kappa shape index (κ2) is 8.65. The third kappa shape index (κ3) is 4.51. The van der Waals surface area contributed by atoms with Crippen molar-refractivity contribution in [1.82, 2.24) is 25.2 Å². The summed E-state index contributed by atoms with van der Waals surface area (Å²) in [5.41, 5.74) is 3.07. The van der Waals surface area contributed by atoms with Gasteiger partial charge in [0.05, 0.1) is 25.0 Å². The van der Waals surface area contributed by atoms with Crippen LogP contribution in [-0.4, -0.2) is 52.5 Å². The number of ether oxygens (including phenoxy) is 1. The average molecular weight is 460 g/mol. The Hall–Kier alpha value is -1.62. The van der Waals surface area contributed by atoms with E-state index in [1.54, 1.807) is 11.7 Å². The number of hydrogen-bond acceptors (Lipinski definition) is 5. The number of guanidine groups is 1. The summed E-state index contributed by atoms with van der Waals surface area (Å²) in [5.74, 6) is 1.69. The summed E-state index contributed by atoms with van der Waals surface area (Å²) < 4.78 is 12.9. The van der Waals surface area contributed by atoms with Crippen LogP contribution in [0.4, 0.5) is 0 Å². The lowest BCUT2D eigenvalue weighted by molar-refractivity contribution is -0.00805. The first-order chi connectivity index (χ1) is 11.6. The summed E-state index contributed by atoms with van der Waals surface area (Å²) in [6.07, 6.45) is 3.85. The second-order valence-electron chi connectivity index (χ2n) is 5.96. The van der Waals surface area contributed by atoms with Crippen LogP contribution in [0.15, 0.2) is 21.9 Å². The average Bonchev–Trinajstić information content (AvgIpc) is 3.15. The molecule has 3 rings (SSSR count). The SMILES string of the molecule is CN=C(NCc1c(C)noc1C)N1CCOC(c2cnn(C)c2)C1.I. The molecule has 0 radical (unpaired) electrons. The van der Waals surface area contributed by atoms with Crippen LogP contribution in [-0.2, 0) is 18.3 Å². The minimum absolute atomic E-state index is 0. The van der Waals surface area contributed by atoms with Crippen molar-refractivity contribution in [3.8, 4) is 0 Å². The lowest BCUT2D eigenvalue weighted by atomic mass is 10.1. The molecule has 1 unspecified atom stereocenters. The quantitative estimate of drug-likeness (QED) is 0.428. The second-order valence-corrected chi connectivity index (χ2v) is 5.96. The molecule has 1 fully saturated rings. The van der Waals surface area contributed by atoms with Crippen molar-refractivity contribution in [1.29, 1.82) is 0 Å². The number of nitrogens with zero attached hydrogens (tertiary/aromatic N) is 5. The van der Waals surface area contributed by atoms with Crippen LogP contribution in [0.3, 0.4) is 0 Å². The van der Waals surface area contributed by atoms with E-state index in [1.165, 1.54) is 0 Å². The van der Waals surface area contributed by atoms with Gasteiger partial charge in [-0.15, -0.1) is 24.0 Å². The monoisotopic (exact) mass is 460 g/mol. The summed E-state index contributed by atoms with van der Waals surface area (Å²) in [5, 5.41) is 11.6. The summed E-state index contributed by atoms with van der Waals surface area (Å²) >= 11 is 0. The van der Waals surface area contributed by atoms with Crippen LogP contribution in [0.2, 0.25) is 0 Å². The fourth-order valence-electron chi connectivity index (χ4n) is 2.90. The number of nitrogens with one attached hydrogen (secondary N) is 1. The van der Waals surface area contributed by atoms with Gasteiger partial charge in [0, 0.05) is 44.5 Å². The number of hydrogen-bond donors (Lipinski definition) is 1. The smallest absolute Gasteiger partial charge is 0.194 e. The maximum atomic E-state index is 5.89. The summed E-state index contributed by atoms with van der Waals surface area (Å²) in [7, 11) is 3.71. The molecule has 1 aliphatic heterocycles. The Morgan fingerprint density at radius 2 is 2.24 bits per heavy atom. The maximum absolute atomic E-state index is 5.89. The minimum atomic E-state index is 0. The van der Waals surface area contributed by atoms with Gasteiger partial charge in [0.1, 0.15) is 11.9 Å². The lowest BCUT2D eigenvalue weighted by Crippen LogP contribution is -2.48. The van der Waals surface area contributed by atoms with E-state index in [0.717, 1.165) is 41.6 Å². The van der Waals surface area contributed by atoms with Gasteiger partial charge in [0.15, 0.2) is 5.96 Å². The number of rotatable bonds is 3. The van der Waals surface area contributed by atoms with E-state index in [0.29, 0.717) is 13.2 Å². The molecule has 2 aromatic rings. The van der Waals surface area contributed by atoms with E-state index in [-0.39, 0.29) is 30.1 Å². The van der Waals surface area contributed by atoms with E-state index < -0.39 is 0 Å². The van der Waals surface area contributed by atoms with Crippen LogP contribution < -0.4 is 5.32 Å². The van der Waals surface area contributed by atoms with Gasteiger partial charge in [-0.25, -0.2) is 0 Å². The number of aromatic nitrogens is 3. The van der Waals surface area contributed by atoms with E-state index in [2.05, 4.69) is 25.5 Å². The highest BCUT2D eigenvalue weighted by Gasteiger charge is 2.25. The molecule has 0 spiro atoms. The van der Waals surface area contributed by atoms with Crippen LogP contribution in [0, 0.1) is 13.8 Å². The molecule has 1 saturated heterocycles. The fourth-order valence-corrected chi connectivity index (χ4v) is 2.90. The molecular weight excluding hydrogens is 435 g/mol. The fraction of sp³-hybridized carbons (Fsp3) is 0.562. The number of aryl methyl sites for hydroxylation is 3. The maximum Gasteiger partial charge on any atom is 0.194 e. The minimum Gasteiger partial charge on any atom is -0.370 e. The molecule has 25 heavy (non-hydrogen) atoms. The van der Waals surface area contributed by atoms with Gasteiger partial charge in [-0.05, 0) is 13.8 Å². The normalized spacial score (nSPS) is 18.2. The first-order valence-corrected chi connectivity index (χ1v) is 8.06. The molecule has 0 saturated carbocycles. The van der Waals surface area contributed by atoms with Crippen LogP contribution in [0.25, 0.3) is 0 Å². The van der Waals surface area contributed by atoms with Crippen molar-refractivity contribution in [2.45, 2.75) is 26.5 Å². The van der Waals surface area contributed by atoms with E-state index in [9.17, 15) is 0 Å². The summed E-state index contributed by atoms with van der Waals surface area (Å²) in [6, 6.07) is 0. The number of morpholine rings is 1. The molecule has 0 amide bonds. The third-order valence-corrected chi connectivity index (χ3v) is 4.28. The molecular formula is C16H25IN6O2. The van der Waals surface area contributed by atoms with Gasteiger partial charge in [0.25, 0.3) is 0 Å². The van der Waals surface area contributed by atoms with E-state index >= 15 is 0 Å². The van der Waals surface area contributed by atoms with Crippen LogP contribution in [0.5, 0.6) is 0 Å². The molecule has 138 valence electrons. The highest BCUT2D eigenvalue weighted by atomic mass is 127. The third-order valence-electron chi connectivity index (χ3n) is 4.28. The zero-order chi connectivity index (χ0) is 17.1. The number of halogens is 1. The van der Waals surface area contributed by atoms with Gasteiger partial charge < -0.3 is 19.5 Å². The number of aliphatic imine (C=N–C) groups is 1. The van der Waals surface area contributed by atoms with Gasteiger partial charge in [-0.3, -0.25) is 9.67 Å². The molecule has 0 aliphatic carbocycles. The predicted octanol–water partition coefficient (Wildman–Crippen LogP) is 1.79. The zero-order valence-corrected chi connectivity index (χ0v) is 17.4. The van der Waals surface area contributed by atoms with Crippen molar-refractivity contribution in [2.75, 3.05) is 26.7 Å². The molecule has 2 aromatic heterocycles. The van der Waals surface area contributed by atoms with Gasteiger partial charge in [-0.1, -0.05) is 5.16 Å². The molecule has 8 nitrogen and oxygen atoms in total. The molecule has 1 atom stereocenters. The molecule has 1 aliphatic rings. The Morgan fingerprint density at radius 1 is 1.44 bits per heavy atom. The Bertz CT molecular complexity index is 707. The van der Waals surface area contributed by atoms with E-state index in [1.807, 2.05) is 33.3 Å². The Kier molecular flexibility index (Phi) is 6.82. The molecule has 9 heteroatoms. The van der Waals surface area contributed by atoms with Crippen molar-refractivity contribution >= 4 is 29.9 Å². The van der Waals surface area contributed by atoms with Crippen molar-refractivity contribution in [2.24, 2.45) is 12.0 Å². The van der Waals surface area contributed by atoms with Crippen molar-refractivity contribution in [3.05, 3.63) is 35.0 Å². The Morgan fingerprint density at radius 3 is 2.84 bits per heavy atom. The highest BCUT2D eigenvalue weighted by Crippen LogP contribution is 2.21. The van der Waals surface area contributed by atoms with Gasteiger partial charge >= 0.3 is 0 Å². The summed E-state index contributed by atoms with van der Waals surface area (Å²) in [6.45, 7) is 6.72. The van der Waals surface area contributed by atoms with Crippen molar-refractivity contribution in [3.63, 3.8) is 0 Å². The summed E-state index contributed by atoms with van der Waals surface area (Å²) in [4.78, 5) is 6.62. The molecule has 0 aromatic carbocycles. The Labute approximate surface area is 164 Å². The zero-order valence-electron chi connectivity index (χ0n) is 15.0. The van der Waals surface area contributed by atoms with E-state index in [4.69, 9.17) is 9.26 Å². The van der Waals surface area contributed by atoms with Crippen molar-refractivity contribution < 1.29 is 9.26 Å². The molecule has 0 bridgehead atoms. The first kappa shape index (κ1) is 19.7. The van der Waals surface area contributed by atoms with Gasteiger partial charge in [-0.2, -0.15) is 5.10 Å². The standard InChI is InChI=1S/C16H24N6O2.HI/c1-11-14(12(2)24-20-11)8-18-16(17-3)22-5-6-23-15(10-22)13-7-19-21(4)9-13;/h7,9,15H,5-6,8,10H2,1-4H3,(H,17,18);1H. The highest BCUT2D eigenvalue weighted by molar-refractivity contribution is 14.0. The topological polar surface area (TPSA) is 80.7 Å². The largest absolute Gasteiger partial charge is 0.370 e. The predicted molar refractivity (Wildman–Crippen MR) is 105 cm³/mol. The first-order valence-electron chi connectivity index (χ1n) is 8.06. The van der Waals surface area contributed by atoms with Crippen LogP contribution >= 0.6 is 24.0 Å².